The topological polar surface area (TPSA) is 86.9 Å². The molecule has 0 aliphatic heterocycles. The van der Waals surface area contributed by atoms with Gasteiger partial charge in [-0.1, -0.05) is 18.2 Å². The van der Waals surface area contributed by atoms with Gasteiger partial charge in [0.25, 0.3) is 5.56 Å². The average molecular weight is 312 g/mol. The minimum Gasteiger partial charge on any atom is -0.332 e. The second-order valence-electron chi connectivity index (χ2n) is 4.86. The number of rotatable bonds is 3. The molecule has 1 heterocycles. The van der Waals surface area contributed by atoms with Crippen LogP contribution in [0.4, 0.5) is 14.9 Å². The highest BCUT2D eigenvalue weighted by Crippen LogP contribution is 2.12. The van der Waals surface area contributed by atoms with Gasteiger partial charge in [-0.05, 0) is 30.3 Å². The third-order valence-electron chi connectivity index (χ3n) is 3.29. The molecule has 0 bridgehead atoms. The Morgan fingerprint density at radius 2 is 1.78 bits per heavy atom. The molecule has 3 rings (SSSR count). The fraction of sp³-hybridized carbons (Fsp3) is 0.0625. The Hall–Kier alpha value is -3.22. The van der Waals surface area contributed by atoms with Crippen LogP contribution >= 0.6 is 0 Å². The molecule has 23 heavy (non-hydrogen) atoms. The van der Waals surface area contributed by atoms with E-state index in [1.165, 1.54) is 24.3 Å². The van der Waals surface area contributed by atoms with Gasteiger partial charge in [-0.25, -0.2) is 14.3 Å². The Bertz CT molecular complexity index is 906. The maximum absolute atomic E-state index is 12.8. The first-order valence-corrected chi connectivity index (χ1v) is 6.90. The lowest BCUT2D eigenvalue weighted by molar-refractivity contribution is 0.251. The van der Waals surface area contributed by atoms with Crippen molar-refractivity contribution in [3.63, 3.8) is 0 Å². The monoisotopic (exact) mass is 312 g/mol. The van der Waals surface area contributed by atoms with Crippen molar-refractivity contribution >= 4 is 22.5 Å². The number of hydrogen-bond acceptors (Lipinski definition) is 3. The van der Waals surface area contributed by atoms with Crippen LogP contribution in [-0.4, -0.2) is 16.2 Å². The van der Waals surface area contributed by atoms with Crippen LogP contribution in [0.15, 0.2) is 53.3 Å². The number of aromatic nitrogens is 2. The molecule has 2 amide bonds. The summed E-state index contributed by atoms with van der Waals surface area (Å²) in [6, 6.07) is 12.0. The predicted octanol–water partition coefficient (Wildman–Crippen LogP) is 2.38. The van der Waals surface area contributed by atoms with Crippen LogP contribution in [0.5, 0.6) is 0 Å². The summed E-state index contributed by atoms with van der Waals surface area (Å²) in [4.78, 5) is 23.5. The molecule has 3 N–H and O–H groups in total. The molecule has 7 heteroatoms. The van der Waals surface area contributed by atoms with Crippen molar-refractivity contribution in [1.29, 1.82) is 0 Å². The molecule has 0 aliphatic rings. The number of carbonyl (C=O) groups excluding carboxylic acids is 1. The highest BCUT2D eigenvalue weighted by molar-refractivity contribution is 5.89. The van der Waals surface area contributed by atoms with Gasteiger partial charge in [-0.3, -0.25) is 4.79 Å². The molecule has 0 saturated carbocycles. The highest BCUT2D eigenvalue weighted by Gasteiger charge is 2.08. The summed E-state index contributed by atoms with van der Waals surface area (Å²) in [5.74, 6) is -0.375. The second kappa shape index (κ2) is 6.27. The second-order valence-corrected chi connectivity index (χ2v) is 4.86. The van der Waals surface area contributed by atoms with E-state index >= 15 is 0 Å². The number of hydrogen-bond donors (Lipinski definition) is 3. The van der Waals surface area contributed by atoms with Gasteiger partial charge < -0.3 is 10.6 Å². The summed E-state index contributed by atoms with van der Waals surface area (Å²) in [5, 5.41) is 12.8. The lowest BCUT2D eigenvalue weighted by Gasteiger charge is -2.08. The van der Waals surface area contributed by atoms with E-state index in [0.29, 0.717) is 22.2 Å². The predicted molar refractivity (Wildman–Crippen MR) is 84.6 cm³/mol. The molecule has 0 atom stereocenters. The largest absolute Gasteiger partial charge is 0.332 e. The normalized spacial score (nSPS) is 10.5. The van der Waals surface area contributed by atoms with Crippen LogP contribution in [0.3, 0.4) is 0 Å². The number of anilines is 1. The summed E-state index contributed by atoms with van der Waals surface area (Å²) < 4.78 is 12.8. The molecule has 0 unspecified atom stereocenters. The van der Waals surface area contributed by atoms with Crippen molar-refractivity contribution in [3.05, 3.63) is 70.4 Å². The van der Waals surface area contributed by atoms with E-state index in [1.807, 2.05) is 0 Å². The van der Waals surface area contributed by atoms with E-state index in [4.69, 9.17) is 0 Å². The maximum atomic E-state index is 12.8. The molecular formula is C16H13FN4O2. The molecule has 3 aromatic rings. The standard InChI is InChI=1S/C16H13FN4O2/c17-10-5-7-11(8-6-10)19-16(23)18-9-14-12-3-1-2-4-13(12)15(22)21-20-14/h1-8H,9H2,(H,21,22)(H2,18,19,23). The van der Waals surface area contributed by atoms with E-state index in [-0.39, 0.29) is 17.9 Å². The number of carbonyl (C=O) groups is 1. The Kier molecular flexibility index (Phi) is 4.01. The van der Waals surface area contributed by atoms with Crippen molar-refractivity contribution < 1.29 is 9.18 Å². The molecule has 2 aromatic carbocycles. The number of halogens is 1. The number of nitrogens with zero attached hydrogens (tertiary/aromatic N) is 1. The van der Waals surface area contributed by atoms with E-state index in [2.05, 4.69) is 20.8 Å². The van der Waals surface area contributed by atoms with Gasteiger partial charge in [0.15, 0.2) is 0 Å². The van der Waals surface area contributed by atoms with Crippen LogP contribution in [0.2, 0.25) is 0 Å². The molecule has 0 spiro atoms. The number of aromatic amines is 1. The quantitative estimate of drug-likeness (QED) is 0.694. The Labute approximate surface area is 130 Å². The minimum atomic E-state index is -0.450. The summed E-state index contributed by atoms with van der Waals surface area (Å²) in [5.41, 5.74) is 0.748. The molecule has 116 valence electrons. The van der Waals surface area contributed by atoms with Gasteiger partial charge in [0.2, 0.25) is 0 Å². The van der Waals surface area contributed by atoms with Crippen LogP contribution < -0.4 is 16.2 Å². The smallest absolute Gasteiger partial charge is 0.319 e. The fourth-order valence-corrected chi connectivity index (χ4v) is 2.18. The van der Waals surface area contributed by atoms with Crippen LogP contribution in [0.25, 0.3) is 10.8 Å². The van der Waals surface area contributed by atoms with Gasteiger partial charge in [0.1, 0.15) is 5.82 Å². The number of H-pyrrole nitrogens is 1. The number of benzene rings is 2. The number of urea groups is 1. The van der Waals surface area contributed by atoms with Crippen LogP contribution in [0, 0.1) is 5.82 Å². The summed E-state index contributed by atoms with van der Waals surface area (Å²) in [7, 11) is 0. The Balaban J connectivity index is 1.71. The van der Waals surface area contributed by atoms with Gasteiger partial charge in [0.05, 0.1) is 17.6 Å². The molecule has 0 saturated heterocycles. The van der Waals surface area contributed by atoms with Crippen molar-refractivity contribution in [2.24, 2.45) is 0 Å². The third-order valence-corrected chi connectivity index (χ3v) is 3.29. The first-order valence-electron chi connectivity index (χ1n) is 6.90. The zero-order valence-electron chi connectivity index (χ0n) is 12.0. The molecule has 0 radical (unpaired) electrons. The number of nitrogens with one attached hydrogen (secondary N) is 3. The van der Waals surface area contributed by atoms with Crippen LogP contribution in [0.1, 0.15) is 5.69 Å². The van der Waals surface area contributed by atoms with E-state index in [1.54, 1.807) is 24.3 Å². The lowest BCUT2D eigenvalue weighted by Crippen LogP contribution is -2.29. The first-order chi connectivity index (χ1) is 11.1. The van der Waals surface area contributed by atoms with Crippen molar-refractivity contribution in [3.8, 4) is 0 Å². The molecule has 0 aliphatic carbocycles. The zero-order valence-corrected chi connectivity index (χ0v) is 12.0. The molecule has 1 aromatic heterocycles. The number of fused-ring (bicyclic) bond motifs is 1. The Morgan fingerprint density at radius 1 is 1.09 bits per heavy atom. The maximum Gasteiger partial charge on any atom is 0.319 e. The van der Waals surface area contributed by atoms with E-state index < -0.39 is 6.03 Å². The summed E-state index contributed by atoms with van der Waals surface area (Å²) in [6.45, 7) is 0.143. The summed E-state index contributed by atoms with van der Waals surface area (Å²) >= 11 is 0. The van der Waals surface area contributed by atoms with Crippen LogP contribution in [-0.2, 0) is 6.54 Å². The third kappa shape index (κ3) is 3.34. The van der Waals surface area contributed by atoms with E-state index in [0.717, 1.165) is 0 Å². The van der Waals surface area contributed by atoms with Gasteiger partial charge in [0, 0.05) is 11.1 Å². The first kappa shape index (κ1) is 14.7. The SMILES string of the molecule is O=C(NCc1n[nH]c(=O)c2ccccc12)Nc1ccc(F)cc1. The lowest BCUT2D eigenvalue weighted by atomic mass is 10.1. The Morgan fingerprint density at radius 3 is 2.52 bits per heavy atom. The van der Waals surface area contributed by atoms with Gasteiger partial charge >= 0.3 is 6.03 Å². The van der Waals surface area contributed by atoms with Crippen molar-refractivity contribution in [2.75, 3.05) is 5.32 Å². The van der Waals surface area contributed by atoms with Crippen molar-refractivity contribution in [2.45, 2.75) is 6.54 Å². The molecular weight excluding hydrogens is 299 g/mol. The fourth-order valence-electron chi connectivity index (χ4n) is 2.18. The molecule has 0 fully saturated rings. The zero-order chi connectivity index (χ0) is 16.2. The highest BCUT2D eigenvalue weighted by atomic mass is 19.1. The van der Waals surface area contributed by atoms with Gasteiger partial charge in [-0.2, -0.15) is 5.10 Å². The van der Waals surface area contributed by atoms with Gasteiger partial charge in [-0.15, -0.1) is 0 Å². The van der Waals surface area contributed by atoms with E-state index in [9.17, 15) is 14.0 Å². The number of amides is 2. The van der Waals surface area contributed by atoms with Crippen molar-refractivity contribution in [1.82, 2.24) is 15.5 Å². The minimum absolute atomic E-state index is 0.143. The summed E-state index contributed by atoms with van der Waals surface area (Å²) in [6.07, 6.45) is 0. The average Bonchev–Trinajstić information content (AvgIpc) is 2.57. The molecule has 6 nitrogen and oxygen atoms in total.